The molecule has 3 aromatic carbocycles. The molecule has 4 aromatic rings. The van der Waals surface area contributed by atoms with E-state index >= 15 is 0 Å². The average Bonchev–Trinajstić information content (AvgIpc) is 2.77. The Balaban J connectivity index is 1.44. The van der Waals surface area contributed by atoms with Crippen LogP contribution in [0.4, 0.5) is 0 Å². The van der Waals surface area contributed by atoms with Crippen molar-refractivity contribution in [3.05, 3.63) is 102 Å². The smallest absolute Gasteiger partial charge is 0.130 e. The molecule has 3 heteroatoms. The van der Waals surface area contributed by atoms with Gasteiger partial charge >= 0.3 is 0 Å². The Morgan fingerprint density at radius 2 is 1.61 bits per heavy atom. The Morgan fingerprint density at radius 1 is 0.871 bits per heavy atom. The number of hydrogen-bond donors (Lipinski definition) is 1. The van der Waals surface area contributed by atoms with Crippen LogP contribution >= 0.6 is 0 Å². The molecule has 5 rings (SSSR count). The first-order valence-electron chi connectivity index (χ1n) is 10.8. The topological polar surface area (TPSA) is 42.4 Å². The van der Waals surface area contributed by atoms with Gasteiger partial charge in [-0.25, -0.2) is 4.98 Å². The van der Waals surface area contributed by atoms with E-state index in [1.165, 1.54) is 5.56 Å². The van der Waals surface area contributed by atoms with Gasteiger partial charge in [0.25, 0.3) is 0 Å². The number of pyridine rings is 1. The van der Waals surface area contributed by atoms with Crippen LogP contribution in [0.25, 0.3) is 10.9 Å². The lowest BCUT2D eigenvalue weighted by Gasteiger charge is -2.54. The molecular formula is C28H27NO2. The van der Waals surface area contributed by atoms with Crippen LogP contribution in [-0.2, 0) is 12.0 Å². The van der Waals surface area contributed by atoms with Gasteiger partial charge in [0, 0.05) is 16.4 Å². The molecule has 0 radical (unpaired) electrons. The van der Waals surface area contributed by atoms with E-state index in [2.05, 4.69) is 50.2 Å². The zero-order chi connectivity index (χ0) is 21.5. The Bertz CT molecular complexity index is 1220. The molecule has 31 heavy (non-hydrogen) atoms. The van der Waals surface area contributed by atoms with Crippen molar-refractivity contribution in [1.29, 1.82) is 0 Å². The minimum Gasteiger partial charge on any atom is -0.508 e. The predicted molar refractivity (Wildman–Crippen MR) is 124 cm³/mol. The third-order valence-electron chi connectivity index (χ3n) is 6.41. The summed E-state index contributed by atoms with van der Waals surface area (Å²) in [6.07, 6.45) is 1.99. The summed E-state index contributed by atoms with van der Waals surface area (Å²) in [6, 6.07) is 28.3. The molecular weight excluding hydrogens is 382 g/mol. The van der Waals surface area contributed by atoms with Crippen LogP contribution < -0.4 is 4.74 Å². The van der Waals surface area contributed by atoms with E-state index in [0.29, 0.717) is 12.4 Å². The highest BCUT2D eigenvalue weighted by Crippen LogP contribution is 2.60. The van der Waals surface area contributed by atoms with Gasteiger partial charge in [-0.3, -0.25) is 0 Å². The Labute approximate surface area is 183 Å². The maximum absolute atomic E-state index is 10.8. The number of nitrogens with zero attached hydrogens (tertiary/aromatic N) is 1. The number of aromatic hydroxyl groups is 1. The molecule has 0 aliphatic heterocycles. The summed E-state index contributed by atoms with van der Waals surface area (Å²) in [5.74, 6) is 1.08. The second-order valence-corrected chi connectivity index (χ2v) is 9.43. The number of hydrogen-bond acceptors (Lipinski definition) is 3. The predicted octanol–water partition coefficient (Wildman–Crippen LogP) is 6.63. The lowest BCUT2D eigenvalue weighted by molar-refractivity contribution is 0.0859. The van der Waals surface area contributed by atoms with E-state index in [-0.39, 0.29) is 10.8 Å². The molecule has 1 aliphatic rings. The summed E-state index contributed by atoms with van der Waals surface area (Å²) in [5.41, 5.74) is 4.11. The average molecular weight is 410 g/mol. The van der Waals surface area contributed by atoms with Crippen molar-refractivity contribution in [2.75, 3.05) is 0 Å². The number of rotatable bonds is 5. The van der Waals surface area contributed by atoms with E-state index < -0.39 is 0 Å². The summed E-state index contributed by atoms with van der Waals surface area (Å²) in [4.78, 5) is 4.70. The molecule has 1 N–H and O–H groups in total. The molecule has 0 bridgehead atoms. The minimum atomic E-state index is -0.185. The van der Waals surface area contributed by atoms with Gasteiger partial charge in [0.15, 0.2) is 0 Å². The molecule has 3 nitrogen and oxygen atoms in total. The molecule has 1 aliphatic carbocycles. The van der Waals surface area contributed by atoms with E-state index in [1.807, 2.05) is 42.5 Å². The fraction of sp³-hybridized carbons (Fsp3) is 0.250. The summed E-state index contributed by atoms with van der Waals surface area (Å²) < 4.78 is 6.11. The molecule has 0 atom stereocenters. The SMILES string of the molecule is CC1(C)CC(c2ccccc2)(c2cc(OCc3ccc4ccccc4n3)ccc2O)C1. The summed E-state index contributed by atoms with van der Waals surface area (Å²) in [5, 5.41) is 11.9. The van der Waals surface area contributed by atoms with E-state index in [4.69, 9.17) is 9.72 Å². The highest BCUT2D eigenvalue weighted by Gasteiger charge is 2.52. The number of ether oxygens (including phenoxy) is 1. The van der Waals surface area contributed by atoms with Crippen LogP contribution in [0.2, 0.25) is 0 Å². The standard InChI is InChI=1S/C28H27NO2/c1-27(2)18-28(19-27,21-9-4-3-5-10-21)24-16-23(14-15-26(24)30)31-17-22-13-12-20-8-6-7-11-25(20)29-22/h3-16,30H,17-19H2,1-2H3. The molecule has 0 amide bonds. The number of benzene rings is 3. The van der Waals surface area contributed by atoms with Crippen molar-refractivity contribution < 1.29 is 9.84 Å². The summed E-state index contributed by atoms with van der Waals surface area (Å²) >= 11 is 0. The second kappa shape index (κ2) is 7.42. The van der Waals surface area contributed by atoms with Crippen molar-refractivity contribution in [3.63, 3.8) is 0 Å². The maximum atomic E-state index is 10.8. The zero-order valence-corrected chi connectivity index (χ0v) is 18.0. The van der Waals surface area contributed by atoms with Gasteiger partial charge in [-0.2, -0.15) is 0 Å². The number of fused-ring (bicyclic) bond motifs is 1. The van der Waals surface area contributed by atoms with E-state index in [1.54, 1.807) is 6.07 Å². The van der Waals surface area contributed by atoms with Gasteiger partial charge in [-0.05, 0) is 54.2 Å². The normalized spacial score (nSPS) is 16.6. The fourth-order valence-electron chi connectivity index (χ4n) is 5.22. The Kier molecular flexibility index (Phi) is 4.70. The molecule has 0 saturated heterocycles. The lowest BCUT2D eigenvalue weighted by atomic mass is 9.49. The largest absolute Gasteiger partial charge is 0.508 e. The first-order chi connectivity index (χ1) is 15.0. The lowest BCUT2D eigenvalue weighted by Crippen LogP contribution is -2.47. The molecule has 1 heterocycles. The highest BCUT2D eigenvalue weighted by molar-refractivity contribution is 5.78. The van der Waals surface area contributed by atoms with Crippen LogP contribution in [0.3, 0.4) is 0 Å². The minimum absolute atomic E-state index is 0.185. The quantitative estimate of drug-likeness (QED) is 0.402. The van der Waals surface area contributed by atoms with Crippen LogP contribution in [0.15, 0.2) is 84.9 Å². The Morgan fingerprint density at radius 3 is 2.39 bits per heavy atom. The highest BCUT2D eigenvalue weighted by atomic mass is 16.5. The van der Waals surface area contributed by atoms with Crippen molar-refractivity contribution >= 4 is 10.9 Å². The van der Waals surface area contributed by atoms with Crippen LogP contribution in [-0.4, -0.2) is 10.1 Å². The van der Waals surface area contributed by atoms with Gasteiger partial charge in [-0.1, -0.05) is 68.4 Å². The number of phenolic OH excluding ortho intramolecular Hbond substituents is 1. The van der Waals surface area contributed by atoms with Crippen LogP contribution in [0, 0.1) is 5.41 Å². The van der Waals surface area contributed by atoms with Gasteiger partial charge in [0.05, 0.1) is 11.2 Å². The second-order valence-electron chi connectivity index (χ2n) is 9.43. The third-order valence-corrected chi connectivity index (χ3v) is 6.41. The molecule has 156 valence electrons. The number of para-hydroxylation sites is 1. The van der Waals surface area contributed by atoms with E-state index in [0.717, 1.165) is 40.8 Å². The van der Waals surface area contributed by atoms with Crippen LogP contribution in [0.5, 0.6) is 11.5 Å². The van der Waals surface area contributed by atoms with Crippen molar-refractivity contribution in [2.45, 2.75) is 38.7 Å². The van der Waals surface area contributed by atoms with Gasteiger partial charge in [0.2, 0.25) is 0 Å². The molecule has 1 saturated carbocycles. The number of phenols is 1. The molecule has 1 fully saturated rings. The Hall–Kier alpha value is -3.33. The molecule has 1 aromatic heterocycles. The fourth-order valence-corrected chi connectivity index (χ4v) is 5.22. The number of aromatic nitrogens is 1. The van der Waals surface area contributed by atoms with Gasteiger partial charge in [-0.15, -0.1) is 0 Å². The molecule has 0 unspecified atom stereocenters. The van der Waals surface area contributed by atoms with Gasteiger partial charge in [0.1, 0.15) is 18.1 Å². The molecule has 0 spiro atoms. The first-order valence-corrected chi connectivity index (χ1v) is 10.8. The van der Waals surface area contributed by atoms with Crippen molar-refractivity contribution in [1.82, 2.24) is 4.98 Å². The first kappa shape index (κ1) is 19.6. The maximum Gasteiger partial charge on any atom is 0.130 e. The van der Waals surface area contributed by atoms with Gasteiger partial charge < -0.3 is 9.84 Å². The van der Waals surface area contributed by atoms with Crippen LogP contribution in [0.1, 0.15) is 43.5 Å². The third kappa shape index (κ3) is 3.65. The summed E-state index contributed by atoms with van der Waals surface area (Å²) in [6.45, 7) is 4.97. The zero-order valence-electron chi connectivity index (χ0n) is 18.0. The summed E-state index contributed by atoms with van der Waals surface area (Å²) in [7, 11) is 0. The van der Waals surface area contributed by atoms with Crippen molar-refractivity contribution in [2.24, 2.45) is 5.41 Å². The van der Waals surface area contributed by atoms with E-state index in [9.17, 15) is 5.11 Å². The monoisotopic (exact) mass is 409 g/mol. The van der Waals surface area contributed by atoms with Crippen molar-refractivity contribution in [3.8, 4) is 11.5 Å².